The molecule has 0 fully saturated rings. The van der Waals surface area contributed by atoms with Crippen molar-refractivity contribution < 1.29 is 4.39 Å². The molecule has 2 rings (SSSR count). The minimum Gasteiger partial charge on any atom is -0.312 e. The summed E-state index contributed by atoms with van der Waals surface area (Å²) in [6.45, 7) is 5.69. The van der Waals surface area contributed by atoms with Gasteiger partial charge in [-0.05, 0) is 34.5 Å². The van der Waals surface area contributed by atoms with Crippen molar-refractivity contribution >= 4 is 15.9 Å². The summed E-state index contributed by atoms with van der Waals surface area (Å²) >= 11 is 3.34. The highest BCUT2D eigenvalue weighted by atomic mass is 79.9. The molecule has 0 amide bonds. The van der Waals surface area contributed by atoms with Crippen LogP contribution >= 0.6 is 15.9 Å². The van der Waals surface area contributed by atoms with Crippen molar-refractivity contribution in [3.05, 3.63) is 40.5 Å². The summed E-state index contributed by atoms with van der Waals surface area (Å²) in [4.78, 5) is 4.12. The number of hydrogen-bond acceptors (Lipinski definition) is 3. The van der Waals surface area contributed by atoms with E-state index in [4.69, 9.17) is 0 Å². The smallest absolute Gasteiger partial charge is 0.158 e. The Balaban J connectivity index is 2.23. The molecule has 0 spiro atoms. The van der Waals surface area contributed by atoms with Gasteiger partial charge in [0.05, 0.1) is 16.9 Å². The maximum atomic E-state index is 13.3. The quantitative estimate of drug-likeness (QED) is 0.918. The topological polar surface area (TPSA) is 42.7 Å². The van der Waals surface area contributed by atoms with Gasteiger partial charge in [-0.2, -0.15) is 5.10 Å². The van der Waals surface area contributed by atoms with Gasteiger partial charge in [0.25, 0.3) is 0 Å². The highest BCUT2D eigenvalue weighted by molar-refractivity contribution is 9.10. The van der Waals surface area contributed by atoms with Crippen LogP contribution in [0.15, 0.2) is 29.1 Å². The third-order valence-electron chi connectivity index (χ3n) is 2.55. The van der Waals surface area contributed by atoms with Crippen LogP contribution in [-0.2, 0) is 6.54 Å². The molecule has 2 aromatic rings. The van der Waals surface area contributed by atoms with E-state index in [0.29, 0.717) is 18.3 Å². The molecule has 0 aliphatic heterocycles. The van der Waals surface area contributed by atoms with Crippen molar-refractivity contribution in [3.63, 3.8) is 0 Å². The van der Waals surface area contributed by atoms with Crippen LogP contribution < -0.4 is 5.32 Å². The van der Waals surface area contributed by atoms with E-state index in [2.05, 4.69) is 45.2 Å². The monoisotopic (exact) mass is 326 g/mol. The zero-order valence-electron chi connectivity index (χ0n) is 10.9. The fraction of sp³-hybridized carbons (Fsp3) is 0.385. The Bertz CT molecular complexity index is 553. The van der Waals surface area contributed by atoms with Crippen LogP contribution in [-0.4, -0.2) is 21.3 Å². The van der Waals surface area contributed by atoms with Crippen molar-refractivity contribution in [3.8, 4) is 5.82 Å². The lowest BCUT2D eigenvalue weighted by atomic mass is 10.2. The van der Waals surface area contributed by atoms with Gasteiger partial charge in [-0.3, -0.25) is 0 Å². The summed E-state index contributed by atoms with van der Waals surface area (Å²) < 4.78 is 15.8. The largest absolute Gasteiger partial charge is 0.312 e. The Morgan fingerprint density at radius 3 is 2.84 bits per heavy atom. The molecule has 4 nitrogen and oxygen atoms in total. The lowest BCUT2D eigenvalue weighted by molar-refractivity contribution is 0.546. The second-order valence-electron chi connectivity index (χ2n) is 4.76. The zero-order valence-corrected chi connectivity index (χ0v) is 12.5. The van der Waals surface area contributed by atoms with Crippen LogP contribution in [0, 0.1) is 11.7 Å². The van der Waals surface area contributed by atoms with Gasteiger partial charge in [-0.15, -0.1) is 0 Å². The molecular formula is C13H16BrFN4. The molecule has 0 unspecified atom stereocenters. The molecule has 0 aromatic carbocycles. The van der Waals surface area contributed by atoms with E-state index >= 15 is 0 Å². The molecule has 0 bridgehead atoms. The first kappa shape index (κ1) is 14.1. The van der Waals surface area contributed by atoms with Crippen molar-refractivity contribution in [2.75, 3.05) is 6.54 Å². The molecule has 1 N–H and O–H groups in total. The minimum absolute atomic E-state index is 0.337. The van der Waals surface area contributed by atoms with E-state index in [1.54, 1.807) is 17.1 Å². The molecule has 0 radical (unpaired) electrons. The molecule has 0 atom stereocenters. The third kappa shape index (κ3) is 3.84. The van der Waals surface area contributed by atoms with Crippen LogP contribution in [0.2, 0.25) is 0 Å². The van der Waals surface area contributed by atoms with Crippen LogP contribution in [0.1, 0.15) is 19.4 Å². The normalized spacial score (nSPS) is 11.2. The van der Waals surface area contributed by atoms with Crippen LogP contribution in [0.5, 0.6) is 0 Å². The molecule has 6 heteroatoms. The number of pyridine rings is 1. The van der Waals surface area contributed by atoms with E-state index in [9.17, 15) is 4.39 Å². The van der Waals surface area contributed by atoms with Crippen molar-refractivity contribution in [1.82, 2.24) is 20.1 Å². The molecule has 2 aromatic heterocycles. The van der Waals surface area contributed by atoms with E-state index in [1.807, 2.05) is 0 Å². The number of halogens is 2. The summed E-state index contributed by atoms with van der Waals surface area (Å²) in [6.07, 6.45) is 4.68. The Morgan fingerprint density at radius 1 is 1.42 bits per heavy atom. The predicted octanol–water partition coefficient (Wildman–Crippen LogP) is 2.91. The standard InChI is InChI=1S/C13H16BrFN4/c1-9(2)4-16-5-10-3-12(15)7-17-13(10)19-8-11(14)6-18-19/h3,6-9,16H,4-5H2,1-2H3. The van der Waals surface area contributed by atoms with Crippen LogP contribution in [0.3, 0.4) is 0 Å². The van der Waals surface area contributed by atoms with Crippen molar-refractivity contribution in [2.24, 2.45) is 5.92 Å². The van der Waals surface area contributed by atoms with Gasteiger partial charge in [0.1, 0.15) is 5.82 Å². The average Bonchev–Trinajstić information content (AvgIpc) is 2.75. The van der Waals surface area contributed by atoms with Crippen molar-refractivity contribution in [2.45, 2.75) is 20.4 Å². The third-order valence-corrected chi connectivity index (χ3v) is 2.96. The van der Waals surface area contributed by atoms with E-state index in [1.165, 1.54) is 12.3 Å². The number of aromatic nitrogens is 3. The fourth-order valence-electron chi connectivity index (χ4n) is 1.72. The minimum atomic E-state index is -0.337. The number of nitrogens with one attached hydrogen (secondary N) is 1. The summed E-state index contributed by atoms with van der Waals surface area (Å²) in [7, 11) is 0. The maximum Gasteiger partial charge on any atom is 0.158 e. The first-order valence-corrected chi connectivity index (χ1v) is 6.91. The van der Waals surface area contributed by atoms with Gasteiger partial charge in [0.2, 0.25) is 0 Å². The second kappa shape index (κ2) is 6.25. The second-order valence-corrected chi connectivity index (χ2v) is 5.68. The van der Waals surface area contributed by atoms with Crippen LogP contribution in [0.4, 0.5) is 4.39 Å². The predicted molar refractivity (Wildman–Crippen MR) is 75.6 cm³/mol. The number of nitrogens with zero attached hydrogens (tertiary/aromatic N) is 3. The van der Waals surface area contributed by atoms with Gasteiger partial charge in [-0.25, -0.2) is 14.1 Å². The molecule has 19 heavy (non-hydrogen) atoms. The van der Waals surface area contributed by atoms with Gasteiger partial charge < -0.3 is 5.32 Å². The maximum absolute atomic E-state index is 13.3. The number of hydrogen-bond donors (Lipinski definition) is 1. The molecule has 0 saturated heterocycles. The summed E-state index contributed by atoms with van der Waals surface area (Å²) in [5, 5.41) is 7.46. The fourth-order valence-corrected chi connectivity index (χ4v) is 2.01. The highest BCUT2D eigenvalue weighted by Crippen LogP contribution is 2.15. The van der Waals surface area contributed by atoms with E-state index in [-0.39, 0.29) is 5.82 Å². The lowest BCUT2D eigenvalue weighted by Gasteiger charge is -2.11. The van der Waals surface area contributed by atoms with Gasteiger partial charge in [0, 0.05) is 18.3 Å². The highest BCUT2D eigenvalue weighted by Gasteiger charge is 2.09. The zero-order chi connectivity index (χ0) is 13.8. The number of rotatable bonds is 5. The van der Waals surface area contributed by atoms with Gasteiger partial charge >= 0.3 is 0 Å². The molecular weight excluding hydrogens is 311 g/mol. The summed E-state index contributed by atoms with van der Waals surface area (Å²) in [5.74, 6) is 0.850. The first-order valence-electron chi connectivity index (χ1n) is 6.12. The molecule has 0 aliphatic carbocycles. The van der Waals surface area contributed by atoms with E-state index < -0.39 is 0 Å². The van der Waals surface area contributed by atoms with Gasteiger partial charge in [-0.1, -0.05) is 13.8 Å². The molecule has 102 valence electrons. The van der Waals surface area contributed by atoms with Gasteiger partial charge in [0.15, 0.2) is 5.82 Å². The molecule has 2 heterocycles. The molecule has 0 saturated carbocycles. The van der Waals surface area contributed by atoms with E-state index in [0.717, 1.165) is 16.6 Å². The summed E-state index contributed by atoms with van der Waals surface area (Å²) in [6, 6.07) is 1.49. The summed E-state index contributed by atoms with van der Waals surface area (Å²) in [5.41, 5.74) is 0.788. The van der Waals surface area contributed by atoms with Crippen LogP contribution in [0.25, 0.3) is 5.82 Å². The SMILES string of the molecule is CC(C)CNCc1cc(F)cnc1-n1cc(Br)cn1. The Labute approximate surface area is 120 Å². The Morgan fingerprint density at radius 2 is 2.21 bits per heavy atom. The lowest BCUT2D eigenvalue weighted by Crippen LogP contribution is -2.20. The Kier molecular flexibility index (Phi) is 4.66. The first-order chi connectivity index (χ1) is 9.06. The van der Waals surface area contributed by atoms with Crippen molar-refractivity contribution in [1.29, 1.82) is 0 Å². The molecule has 0 aliphatic rings. The average molecular weight is 327 g/mol. The Hall–Kier alpha value is -1.27.